The third-order valence-corrected chi connectivity index (χ3v) is 4.49. The third-order valence-electron chi connectivity index (χ3n) is 4.49. The molecule has 2 aromatic rings. The van der Waals surface area contributed by atoms with Gasteiger partial charge in [0.05, 0.1) is 19.9 Å². The second-order valence-corrected chi connectivity index (χ2v) is 6.31. The molecule has 0 saturated carbocycles. The Morgan fingerprint density at radius 1 is 0.926 bits per heavy atom. The predicted octanol–water partition coefficient (Wildman–Crippen LogP) is 3.87. The minimum Gasteiger partial charge on any atom is -0.493 e. The second kappa shape index (κ2) is 7.15. The molecule has 2 aromatic carbocycles. The number of allylic oxidation sites excluding steroid dienone is 1. The number of hydrogen-bond acceptors (Lipinski definition) is 6. The summed E-state index contributed by atoms with van der Waals surface area (Å²) in [6.07, 6.45) is 4.65. The maximum Gasteiger partial charge on any atom is 0.231 e. The average Bonchev–Trinajstić information content (AvgIpc) is 3.08. The first-order chi connectivity index (χ1) is 13.2. The van der Waals surface area contributed by atoms with Gasteiger partial charge in [0.25, 0.3) is 0 Å². The number of benzene rings is 2. The second-order valence-electron chi connectivity index (χ2n) is 6.31. The van der Waals surface area contributed by atoms with Gasteiger partial charge in [0.15, 0.2) is 23.0 Å². The minimum absolute atomic E-state index is 0.249. The number of nitrogens with zero attached hydrogens (tertiary/aromatic N) is 2. The summed E-state index contributed by atoms with van der Waals surface area (Å²) in [4.78, 5) is 0. The van der Waals surface area contributed by atoms with Crippen LogP contribution in [0.2, 0.25) is 0 Å². The Labute approximate surface area is 157 Å². The van der Waals surface area contributed by atoms with E-state index >= 15 is 0 Å². The summed E-state index contributed by atoms with van der Waals surface area (Å²) in [7, 11) is 3.24. The molecule has 0 spiro atoms. The molecule has 2 heterocycles. The number of rotatable bonds is 4. The molecule has 0 fully saturated rings. The lowest BCUT2D eigenvalue weighted by Gasteiger charge is -2.09. The van der Waals surface area contributed by atoms with E-state index in [0.29, 0.717) is 11.5 Å². The van der Waals surface area contributed by atoms with Crippen molar-refractivity contribution in [1.82, 2.24) is 0 Å². The highest BCUT2D eigenvalue weighted by Gasteiger charge is 2.21. The van der Waals surface area contributed by atoms with E-state index in [2.05, 4.69) is 10.2 Å². The minimum atomic E-state index is 0.249. The summed E-state index contributed by atoms with van der Waals surface area (Å²) in [5.74, 6) is 2.88. The Hall–Kier alpha value is -3.28. The van der Waals surface area contributed by atoms with Crippen molar-refractivity contribution in [2.75, 3.05) is 21.0 Å². The van der Waals surface area contributed by atoms with Crippen LogP contribution in [-0.2, 0) is 6.42 Å². The summed E-state index contributed by atoms with van der Waals surface area (Å²) in [5.41, 5.74) is 4.81. The van der Waals surface area contributed by atoms with Gasteiger partial charge in [0.2, 0.25) is 6.79 Å². The Bertz CT molecular complexity index is 976. The first-order valence-electron chi connectivity index (χ1n) is 8.62. The van der Waals surface area contributed by atoms with E-state index in [1.807, 2.05) is 49.4 Å². The van der Waals surface area contributed by atoms with Gasteiger partial charge in [-0.3, -0.25) is 0 Å². The quantitative estimate of drug-likeness (QED) is 0.826. The summed E-state index contributed by atoms with van der Waals surface area (Å²) < 4.78 is 21.7. The number of ether oxygens (including phenoxy) is 4. The van der Waals surface area contributed by atoms with E-state index in [1.54, 1.807) is 14.2 Å². The van der Waals surface area contributed by atoms with Crippen LogP contribution >= 0.6 is 0 Å². The van der Waals surface area contributed by atoms with Gasteiger partial charge in [-0.2, -0.15) is 10.2 Å². The van der Waals surface area contributed by atoms with Gasteiger partial charge < -0.3 is 18.9 Å². The molecule has 6 nitrogen and oxygen atoms in total. The van der Waals surface area contributed by atoms with E-state index < -0.39 is 0 Å². The zero-order valence-electron chi connectivity index (χ0n) is 15.5. The highest BCUT2D eigenvalue weighted by atomic mass is 16.7. The van der Waals surface area contributed by atoms with Crippen molar-refractivity contribution in [3.8, 4) is 23.0 Å². The molecular formula is C21H20N2O4. The van der Waals surface area contributed by atoms with Crippen LogP contribution in [0.4, 0.5) is 0 Å². The lowest BCUT2D eigenvalue weighted by atomic mass is 9.97. The van der Waals surface area contributed by atoms with Crippen LogP contribution in [0.3, 0.4) is 0 Å². The van der Waals surface area contributed by atoms with E-state index in [-0.39, 0.29) is 6.79 Å². The summed E-state index contributed by atoms with van der Waals surface area (Å²) in [5, 5.41) is 8.75. The van der Waals surface area contributed by atoms with Crippen molar-refractivity contribution in [2.45, 2.75) is 13.3 Å². The molecule has 0 unspecified atom stereocenters. The Balaban J connectivity index is 1.71. The molecular weight excluding hydrogens is 344 g/mol. The van der Waals surface area contributed by atoms with Crippen molar-refractivity contribution in [3.63, 3.8) is 0 Å². The molecule has 0 saturated heterocycles. The maximum absolute atomic E-state index is 5.53. The Morgan fingerprint density at radius 3 is 2.48 bits per heavy atom. The van der Waals surface area contributed by atoms with Crippen LogP contribution in [0.5, 0.6) is 23.0 Å². The normalized spacial score (nSPS) is 15.1. The maximum atomic E-state index is 5.53. The Kier molecular flexibility index (Phi) is 4.54. The lowest BCUT2D eigenvalue weighted by molar-refractivity contribution is 0.174. The largest absolute Gasteiger partial charge is 0.493 e. The molecule has 2 aliphatic rings. The SMILES string of the molecule is COc1ccc(C=CC2=NN=C(C)Cc3cc4c(cc32)OCO4)cc1OC. The first kappa shape index (κ1) is 17.1. The first-order valence-corrected chi connectivity index (χ1v) is 8.62. The zero-order valence-corrected chi connectivity index (χ0v) is 15.5. The van der Waals surface area contributed by atoms with Crippen molar-refractivity contribution >= 4 is 17.5 Å². The molecule has 0 amide bonds. The van der Waals surface area contributed by atoms with E-state index in [1.165, 1.54) is 0 Å². The van der Waals surface area contributed by atoms with Gasteiger partial charge in [0, 0.05) is 17.7 Å². The third kappa shape index (κ3) is 3.38. The van der Waals surface area contributed by atoms with Crippen molar-refractivity contribution in [3.05, 3.63) is 53.1 Å². The Morgan fingerprint density at radius 2 is 1.70 bits per heavy atom. The van der Waals surface area contributed by atoms with Crippen molar-refractivity contribution in [2.24, 2.45) is 10.2 Å². The summed E-state index contributed by atoms with van der Waals surface area (Å²) >= 11 is 0. The fourth-order valence-electron chi connectivity index (χ4n) is 3.13. The molecule has 0 N–H and O–H groups in total. The fourth-order valence-corrected chi connectivity index (χ4v) is 3.13. The molecule has 138 valence electrons. The molecule has 6 heteroatoms. The van der Waals surface area contributed by atoms with Crippen LogP contribution in [0.1, 0.15) is 23.6 Å². The van der Waals surface area contributed by atoms with Crippen LogP contribution in [0.15, 0.2) is 46.6 Å². The van der Waals surface area contributed by atoms with Gasteiger partial charge in [-0.25, -0.2) is 0 Å². The van der Waals surface area contributed by atoms with Gasteiger partial charge in [-0.1, -0.05) is 12.1 Å². The van der Waals surface area contributed by atoms with Gasteiger partial charge in [0.1, 0.15) is 0 Å². The zero-order chi connectivity index (χ0) is 18.8. The molecule has 27 heavy (non-hydrogen) atoms. The molecule has 4 rings (SSSR count). The molecule has 0 atom stereocenters. The van der Waals surface area contributed by atoms with E-state index in [9.17, 15) is 0 Å². The fraction of sp³-hybridized carbons (Fsp3) is 0.238. The van der Waals surface area contributed by atoms with Crippen molar-refractivity contribution < 1.29 is 18.9 Å². The van der Waals surface area contributed by atoms with E-state index in [0.717, 1.165) is 46.0 Å². The monoisotopic (exact) mass is 364 g/mol. The van der Waals surface area contributed by atoms with Crippen LogP contribution in [0, 0.1) is 0 Å². The van der Waals surface area contributed by atoms with Gasteiger partial charge >= 0.3 is 0 Å². The molecule has 2 aliphatic heterocycles. The lowest BCUT2D eigenvalue weighted by Crippen LogP contribution is -2.03. The van der Waals surface area contributed by atoms with Gasteiger partial charge in [-0.05, 0) is 48.4 Å². The van der Waals surface area contributed by atoms with Gasteiger partial charge in [-0.15, -0.1) is 0 Å². The van der Waals surface area contributed by atoms with Crippen LogP contribution in [0.25, 0.3) is 6.08 Å². The number of methoxy groups -OCH3 is 2. The summed E-state index contributed by atoms with van der Waals surface area (Å²) in [6, 6.07) is 9.75. The van der Waals surface area contributed by atoms with E-state index in [4.69, 9.17) is 18.9 Å². The average molecular weight is 364 g/mol. The topological polar surface area (TPSA) is 61.6 Å². The van der Waals surface area contributed by atoms with Crippen LogP contribution in [-0.4, -0.2) is 32.4 Å². The highest BCUT2D eigenvalue weighted by molar-refractivity contribution is 6.13. The van der Waals surface area contributed by atoms with Crippen molar-refractivity contribution in [1.29, 1.82) is 0 Å². The van der Waals surface area contributed by atoms with Crippen LogP contribution < -0.4 is 18.9 Å². The smallest absolute Gasteiger partial charge is 0.231 e. The summed E-state index contributed by atoms with van der Waals surface area (Å²) in [6.45, 7) is 2.22. The standard InChI is InChI=1S/C21H20N2O4/c1-13-8-15-10-20-21(27-12-26-20)11-16(15)17(23-22-13)6-4-14-5-7-18(24-2)19(9-14)25-3/h4-7,9-11H,8,12H2,1-3H3. The molecule has 0 radical (unpaired) electrons. The number of fused-ring (bicyclic) bond motifs is 2. The number of hydrogen-bond donors (Lipinski definition) is 0. The molecule has 0 bridgehead atoms. The highest BCUT2D eigenvalue weighted by Crippen LogP contribution is 2.36. The molecule has 0 aromatic heterocycles. The molecule has 0 aliphatic carbocycles. The predicted molar refractivity (Wildman–Crippen MR) is 104 cm³/mol.